The number of esters is 1. The molecule has 1 aliphatic heterocycles. The number of nitrogens with zero attached hydrogens (tertiary/aromatic N) is 2. The molecule has 0 radical (unpaired) electrons. The molecule has 1 fully saturated rings. The quantitative estimate of drug-likeness (QED) is 0.143. The molecular formula is C29H45F3N2O4. The van der Waals surface area contributed by atoms with Gasteiger partial charge in [0.1, 0.15) is 0 Å². The predicted octanol–water partition coefficient (Wildman–Crippen LogP) is 6.07. The van der Waals surface area contributed by atoms with E-state index in [0.29, 0.717) is 32.6 Å². The molecule has 1 amide bonds. The second-order valence-corrected chi connectivity index (χ2v) is 9.59. The molecule has 0 aliphatic carbocycles. The number of methoxy groups -OCH3 is 1. The van der Waals surface area contributed by atoms with Crippen LogP contribution < -0.4 is 0 Å². The number of alkyl halides is 3. The standard InChI is InChI=1S/C29H45F3N2O4/c1-7-11-25(15-13-22(4)14-16-26(35)38-9-3)34(28(36)29(30,31)32)19-17-23(5)27-24(8-2)12-10-18-33(27)20-21-37-6/h8,11,13,15,17,22,24,27H,2,7,9-10,12,14,16,18-21H2,1,3-6H3/b15-13-,23-17+,25-11+. The van der Waals surface area contributed by atoms with Crippen molar-refractivity contribution in [3.05, 3.63) is 48.2 Å². The van der Waals surface area contributed by atoms with E-state index in [1.165, 1.54) is 0 Å². The Morgan fingerprint density at radius 2 is 1.95 bits per heavy atom. The number of piperidine rings is 1. The van der Waals surface area contributed by atoms with Gasteiger partial charge in [0.2, 0.25) is 0 Å². The minimum Gasteiger partial charge on any atom is -0.466 e. The number of carbonyl (C=O) groups excluding carboxylic acids is 2. The summed E-state index contributed by atoms with van der Waals surface area (Å²) in [7, 11) is 1.64. The highest BCUT2D eigenvalue weighted by Crippen LogP contribution is 2.30. The second-order valence-electron chi connectivity index (χ2n) is 9.59. The molecule has 6 nitrogen and oxygen atoms in total. The van der Waals surface area contributed by atoms with Crippen molar-refractivity contribution in [1.82, 2.24) is 9.80 Å². The van der Waals surface area contributed by atoms with Gasteiger partial charge in [-0.05, 0) is 64.0 Å². The summed E-state index contributed by atoms with van der Waals surface area (Å²) in [5, 5.41) is 0. The molecule has 1 saturated heterocycles. The number of ether oxygens (including phenoxy) is 2. The van der Waals surface area contributed by atoms with Crippen LogP contribution in [-0.2, 0) is 19.1 Å². The number of carbonyl (C=O) groups is 2. The van der Waals surface area contributed by atoms with Crippen molar-refractivity contribution in [3.8, 4) is 0 Å². The van der Waals surface area contributed by atoms with E-state index in [4.69, 9.17) is 9.47 Å². The smallest absolute Gasteiger partial charge is 0.466 e. The minimum atomic E-state index is -5.02. The monoisotopic (exact) mass is 542 g/mol. The first-order valence-electron chi connectivity index (χ1n) is 13.4. The molecule has 9 heteroatoms. The Morgan fingerprint density at radius 1 is 1.24 bits per heavy atom. The topological polar surface area (TPSA) is 59.1 Å². The van der Waals surface area contributed by atoms with Crippen LogP contribution in [0.3, 0.4) is 0 Å². The van der Waals surface area contributed by atoms with Gasteiger partial charge in [0, 0.05) is 38.4 Å². The average Bonchev–Trinajstić information content (AvgIpc) is 2.88. The zero-order valence-corrected chi connectivity index (χ0v) is 23.6. The lowest BCUT2D eigenvalue weighted by molar-refractivity contribution is -0.182. The van der Waals surface area contributed by atoms with E-state index in [0.717, 1.165) is 29.9 Å². The number of hydrogen-bond acceptors (Lipinski definition) is 5. The summed E-state index contributed by atoms with van der Waals surface area (Å²) >= 11 is 0. The van der Waals surface area contributed by atoms with E-state index < -0.39 is 12.1 Å². The Morgan fingerprint density at radius 3 is 2.53 bits per heavy atom. The van der Waals surface area contributed by atoms with Crippen LogP contribution in [0.2, 0.25) is 0 Å². The van der Waals surface area contributed by atoms with Crippen LogP contribution >= 0.6 is 0 Å². The third-order valence-electron chi connectivity index (χ3n) is 6.65. The maximum absolute atomic E-state index is 13.6. The maximum Gasteiger partial charge on any atom is 0.471 e. The molecule has 216 valence electrons. The van der Waals surface area contributed by atoms with Crippen molar-refractivity contribution in [3.63, 3.8) is 0 Å². The minimum absolute atomic E-state index is 0.0173. The van der Waals surface area contributed by atoms with Crippen molar-refractivity contribution in [2.24, 2.45) is 11.8 Å². The molecule has 3 atom stereocenters. The first kappa shape index (κ1) is 33.6. The lowest BCUT2D eigenvalue weighted by Crippen LogP contribution is -2.47. The van der Waals surface area contributed by atoms with E-state index in [1.807, 2.05) is 19.9 Å². The fourth-order valence-electron chi connectivity index (χ4n) is 4.66. The summed E-state index contributed by atoms with van der Waals surface area (Å²) in [4.78, 5) is 27.2. The first-order chi connectivity index (χ1) is 18.0. The first-order valence-corrected chi connectivity index (χ1v) is 13.4. The highest BCUT2D eigenvalue weighted by atomic mass is 19.4. The lowest BCUT2D eigenvalue weighted by Gasteiger charge is -2.41. The van der Waals surface area contributed by atoms with Gasteiger partial charge in [0.15, 0.2) is 0 Å². The van der Waals surface area contributed by atoms with Crippen LogP contribution in [0.5, 0.6) is 0 Å². The van der Waals surface area contributed by atoms with Crippen LogP contribution in [0, 0.1) is 11.8 Å². The Bertz CT molecular complexity index is 851. The number of halogens is 3. The summed E-state index contributed by atoms with van der Waals surface area (Å²) in [6.45, 7) is 13.5. The SMILES string of the molecule is C=CC1CCCN(CCOC)C1/C(C)=C/CN(C(=O)C(F)(F)F)C(/C=C\C(C)CCC(=O)OCC)=C/CC. The molecule has 0 N–H and O–H groups in total. The lowest BCUT2D eigenvalue weighted by atomic mass is 9.84. The summed E-state index contributed by atoms with van der Waals surface area (Å²) in [5.41, 5.74) is 1.08. The number of rotatable bonds is 15. The van der Waals surface area contributed by atoms with Gasteiger partial charge in [-0.25, -0.2) is 0 Å². The summed E-state index contributed by atoms with van der Waals surface area (Å²) in [6, 6.07) is -0.0173. The van der Waals surface area contributed by atoms with Gasteiger partial charge in [0.05, 0.1) is 13.2 Å². The summed E-state index contributed by atoms with van der Waals surface area (Å²) in [6.07, 6.45) is 6.60. The third-order valence-corrected chi connectivity index (χ3v) is 6.65. The van der Waals surface area contributed by atoms with Crippen LogP contribution in [0.1, 0.15) is 59.8 Å². The van der Waals surface area contributed by atoms with Crippen LogP contribution in [0.25, 0.3) is 0 Å². The van der Waals surface area contributed by atoms with E-state index in [-0.39, 0.29) is 42.5 Å². The summed E-state index contributed by atoms with van der Waals surface area (Å²) < 4.78 is 51.1. The summed E-state index contributed by atoms with van der Waals surface area (Å²) in [5.74, 6) is -2.16. The van der Waals surface area contributed by atoms with Gasteiger partial charge in [-0.2, -0.15) is 13.2 Å². The number of amides is 1. The van der Waals surface area contributed by atoms with Crippen LogP contribution in [-0.4, -0.2) is 73.9 Å². The Hall–Kier alpha value is -2.39. The molecule has 1 aliphatic rings. The Balaban J connectivity index is 3.22. The fraction of sp³-hybridized carbons (Fsp3) is 0.655. The molecule has 3 unspecified atom stereocenters. The molecule has 0 aromatic heterocycles. The van der Waals surface area contributed by atoms with Crippen molar-refractivity contribution >= 4 is 11.9 Å². The maximum atomic E-state index is 13.6. The van der Waals surface area contributed by atoms with Crippen molar-refractivity contribution in [2.45, 2.75) is 72.0 Å². The van der Waals surface area contributed by atoms with Crippen LogP contribution in [0.4, 0.5) is 13.2 Å². The fourth-order valence-corrected chi connectivity index (χ4v) is 4.66. The second kappa shape index (κ2) is 17.2. The highest BCUT2D eigenvalue weighted by molar-refractivity contribution is 5.84. The number of allylic oxidation sites excluding steroid dienone is 3. The third kappa shape index (κ3) is 11.2. The molecule has 0 saturated carbocycles. The largest absolute Gasteiger partial charge is 0.471 e. The zero-order chi connectivity index (χ0) is 28.7. The molecule has 0 aromatic rings. The highest BCUT2D eigenvalue weighted by Gasteiger charge is 2.43. The Kier molecular flexibility index (Phi) is 15.3. The zero-order valence-electron chi connectivity index (χ0n) is 23.6. The van der Waals surface area contributed by atoms with Crippen molar-refractivity contribution in [1.29, 1.82) is 0 Å². The number of hydrogen-bond donors (Lipinski definition) is 0. The van der Waals surface area contributed by atoms with Gasteiger partial charge in [-0.1, -0.05) is 43.7 Å². The predicted molar refractivity (Wildman–Crippen MR) is 144 cm³/mol. The number of likely N-dealkylation sites (tertiary alicyclic amines) is 1. The van der Waals surface area contributed by atoms with Gasteiger partial charge in [-0.3, -0.25) is 14.5 Å². The van der Waals surface area contributed by atoms with E-state index in [1.54, 1.807) is 45.3 Å². The van der Waals surface area contributed by atoms with Gasteiger partial charge >= 0.3 is 18.1 Å². The van der Waals surface area contributed by atoms with Gasteiger partial charge in [-0.15, -0.1) is 6.58 Å². The van der Waals surface area contributed by atoms with Crippen LogP contribution in [0.15, 0.2) is 48.2 Å². The molecular weight excluding hydrogens is 497 g/mol. The molecule has 0 spiro atoms. The molecule has 0 bridgehead atoms. The molecule has 1 heterocycles. The molecule has 1 rings (SSSR count). The molecule has 38 heavy (non-hydrogen) atoms. The van der Waals surface area contributed by atoms with E-state index in [2.05, 4.69) is 11.5 Å². The van der Waals surface area contributed by atoms with Crippen molar-refractivity contribution in [2.75, 3.05) is 40.0 Å². The van der Waals surface area contributed by atoms with Gasteiger partial charge < -0.3 is 14.4 Å². The van der Waals surface area contributed by atoms with E-state index >= 15 is 0 Å². The average molecular weight is 543 g/mol. The normalized spacial score (nSPS) is 20.4. The van der Waals surface area contributed by atoms with Crippen molar-refractivity contribution < 1.29 is 32.2 Å². The van der Waals surface area contributed by atoms with Gasteiger partial charge in [0.25, 0.3) is 0 Å². The molecule has 0 aromatic carbocycles. The van der Waals surface area contributed by atoms with E-state index in [9.17, 15) is 22.8 Å². The Labute approximate surface area is 226 Å².